The van der Waals surface area contributed by atoms with Crippen molar-refractivity contribution in [3.8, 4) is 0 Å². The Balaban J connectivity index is 0. The monoisotopic (exact) mass is 552 g/mol. The van der Waals surface area contributed by atoms with Crippen LogP contribution < -0.4 is 0 Å². The second-order valence-corrected chi connectivity index (χ2v) is 8.36. The van der Waals surface area contributed by atoms with E-state index in [0.29, 0.717) is 0 Å². The molecule has 0 bridgehead atoms. The van der Waals surface area contributed by atoms with Crippen LogP contribution >= 0.6 is 59.1 Å². The van der Waals surface area contributed by atoms with Crippen LogP contribution in [0.2, 0.25) is 0 Å². The molecule has 2 aromatic rings. The molecule has 28 heavy (non-hydrogen) atoms. The summed E-state index contributed by atoms with van der Waals surface area (Å²) in [5.74, 6) is 0.277. The fraction of sp³-hybridized carbons (Fsp3) is 0.364. The first-order valence-electron chi connectivity index (χ1n) is 8.69. The highest BCUT2D eigenvalue weighted by molar-refractivity contribution is 14.0. The maximum absolute atomic E-state index is 11.5. The van der Waals surface area contributed by atoms with Crippen molar-refractivity contribution in [3.05, 3.63) is 60.2 Å². The van der Waals surface area contributed by atoms with E-state index >= 15 is 0 Å². The highest BCUT2D eigenvalue weighted by atomic mass is 127. The first kappa shape index (κ1) is 29.7. The van der Waals surface area contributed by atoms with Gasteiger partial charge in [-0.15, -0.1) is 47.5 Å². The topological polar surface area (TPSA) is 34.1 Å². The van der Waals surface area contributed by atoms with E-state index in [1.807, 2.05) is 62.6 Å². The van der Waals surface area contributed by atoms with E-state index in [1.54, 1.807) is 37.4 Å². The quantitative estimate of drug-likeness (QED) is 0.165. The van der Waals surface area contributed by atoms with Crippen LogP contribution in [0.1, 0.15) is 38.1 Å². The predicted octanol–water partition coefficient (Wildman–Crippen LogP) is 7.68. The lowest BCUT2D eigenvalue weighted by atomic mass is 10.0. The molecule has 0 saturated carbocycles. The number of hydrogen-bond acceptors (Lipinski definition) is 4. The number of carbonyl (C=O) groups excluding carboxylic acids is 2. The van der Waals surface area contributed by atoms with E-state index in [0.717, 1.165) is 5.56 Å². The zero-order valence-corrected chi connectivity index (χ0v) is 22.0. The molecule has 0 aromatic heterocycles. The Hall–Kier alpha value is -0.500. The van der Waals surface area contributed by atoms with Crippen LogP contribution in [-0.4, -0.2) is 23.5 Å². The van der Waals surface area contributed by atoms with Gasteiger partial charge in [-0.1, -0.05) is 58.0 Å². The molecule has 0 N–H and O–H groups in total. The summed E-state index contributed by atoms with van der Waals surface area (Å²) in [5.41, 5.74) is 0.813. The van der Waals surface area contributed by atoms with Gasteiger partial charge < -0.3 is 0 Å². The van der Waals surface area contributed by atoms with Gasteiger partial charge in [0.2, 0.25) is 5.24 Å². The molecule has 2 aromatic carbocycles. The number of ketones is 1. The highest BCUT2D eigenvalue weighted by Gasteiger charge is 2.09. The third-order valence-electron chi connectivity index (χ3n) is 3.33. The smallest absolute Gasteiger partial charge is 0.224 e. The molecule has 0 unspecified atom stereocenters. The normalized spacial score (nSPS) is 9.46. The third-order valence-corrected chi connectivity index (χ3v) is 5.26. The molecule has 0 aliphatic carbocycles. The summed E-state index contributed by atoms with van der Waals surface area (Å²) in [5, 5.41) is -0.269. The molecule has 2 rings (SSSR count). The minimum Gasteiger partial charge on any atom is -0.294 e. The molecule has 0 spiro atoms. The van der Waals surface area contributed by atoms with Crippen molar-refractivity contribution in [2.45, 2.75) is 37.5 Å². The lowest BCUT2D eigenvalue weighted by Gasteiger charge is -2.04. The SMILES string of the molecule is CC(C)C(=O)Cl.CSc1ccc(C(=O)C(C)C)cc1.CSc1ccccc1.I. The summed E-state index contributed by atoms with van der Waals surface area (Å²) in [4.78, 5) is 24.0. The molecule has 156 valence electrons. The minimum absolute atomic E-state index is 0. The Morgan fingerprint density at radius 1 is 0.750 bits per heavy atom. The molecular weight excluding hydrogens is 523 g/mol. The van der Waals surface area contributed by atoms with Crippen molar-refractivity contribution < 1.29 is 9.59 Å². The molecule has 0 fully saturated rings. The molecule has 0 radical (unpaired) electrons. The van der Waals surface area contributed by atoms with Crippen LogP contribution in [0.25, 0.3) is 0 Å². The number of rotatable bonds is 5. The van der Waals surface area contributed by atoms with Crippen LogP contribution in [0.15, 0.2) is 64.4 Å². The lowest BCUT2D eigenvalue weighted by molar-refractivity contribution is -0.114. The zero-order valence-electron chi connectivity index (χ0n) is 17.3. The Morgan fingerprint density at radius 3 is 1.43 bits per heavy atom. The summed E-state index contributed by atoms with van der Waals surface area (Å²) in [6, 6.07) is 18.1. The molecular formula is C22H30ClIO2S2. The number of thioether (sulfide) groups is 2. The molecule has 0 aliphatic heterocycles. The Bertz CT molecular complexity index is 675. The molecule has 2 nitrogen and oxygen atoms in total. The van der Waals surface area contributed by atoms with Gasteiger partial charge in [0.15, 0.2) is 5.78 Å². The van der Waals surface area contributed by atoms with Gasteiger partial charge in [-0.2, -0.15) is 0 Å². The van der Waals surface area contributed by atoms with Crippen molar-refractivity contribution >= 4 is 70.1 Å². The van der Waals surface area contributed by atoms with E-state index in [9.17, 15) is 9.59 Å². The Labute approximate surface area is 200 Å². The Morgan fingerprint density at radius 2 is 1.14 bits per heavy atom. The molecule has 0 amide bonds. The number of halogens is 2. The van der Waals surface area contributed by atoms with Gasteiger partial charge in [0.25, 0.3) is 0 Å². The fourth-order valence-electron chi connectivity index (χ4n) is 1.65. The van der Waals surface area contributed by atoms with Crippen LogP contribution in [0.3, 0.4) is 0 Å². The number of Topliss-reactive ketones (excluding diaryl/α,β-unsaturated/α-hetero) is 1. The summed E-state index contributed by atoms with van der Waals surface area (Å²) in [7, 11) is 0. The van der Waals surface area contributed by atoms with Gasteiger partial charge >= 0.3 is 0 Å². The minimum atomic E-state index is -0.269. The molecule has 0 aliphatic rings. The van der Waals surface area contributed by atoms with E-state index in [2.05, 4.69) is 18.4 Å². The molecule has 0 heterocycles. The van der Waals surface area contributed by atoms with Crippen LogP contribution in [-0.2, 0) is 4.79 Å². The van der Waals surface area contributed by atoms with Crippen LogP contribution in [0, 0.1) is 11.8 Å². The number of hydrogen-bond donors (Lipinski definition) is 0. The van der Waals surface area contributed by atoms with Gasteiger partial charge in [-0.25, -0.2) is 0 Å². The molecule has 6 heteroatoms. The number of benzene rings is 2. The molecule has 0 saturated heterocycles. The third kappa shape index (κ3) is 13.6. The maximum atomic E-state index is 11.5. The largest absolute Gasteiger partial charge is 0.294 e. The van der Waals surface area contributed by atoms with Gasteiger partial charge in [0.1, 0.15) is 0 Å². The molecule has 0 atom stereocenters. The van der Waals surface area contributed by atoms with Crippen molar-refractivity contribution in [3.63, 3.8) is 0 Å². The van der Waals surface area contributed by atoms with Gasteiger partial charge in [0.05, 0.1) is 0 Å². The summed E-state index contributed by atoms with van der Waals surface area (Å²) in [6.45, 7) is 7.36. The predicted molar refractivity (Wildman–Crippen MR) is 137 cm³/mol. The van der Waals surface area contributed by atoms with Gasteiger partial charge in [0, 0.05) is 27.2 Å². The average molecular weight is 553 g/mol. The second-order valence-electron chi connectivity index (χ2n) is 6.22. The Kier molecular flexibility index (Phi) is 18.4. The van der Waals surface area contributed by atoms with Crippen molar-refractivity contribution in [1.82, 2.24) is 0 Å². The van der Waals surface area contributed by atoms with Crippen molar-refractivity contribution in [1.29, 1.82) is 0 Å². The van der Waals surface area contributed by atoms with E-state index in [-0.39, 0.29) is 46.8 Å². The first-order valence-corrected chi connectivity index (χ1v) is 11.5. The zero-order chi connectivity index (χ0) is 20.8. The van der Waals surface area contributed by atoms with Gasteiger partial charge in [-0.05, 0) is 48.4 Å². The van der Waals surface area contributed by atoms with Crippen LogP contribution in [0.5, 0.6) is 0 Å². The van der Waals surface area contributed by atoms with Gasteiger partial charge in [-0.3, -0.25) is 9.59 Å². The summed E-state index contributed by atoms with van der Waals surface area (Å²) in [6.07, 6.45) is 4.11. The lowest BCUT2D eigenvalue weighted by Crippen LogP contribution is -2.06. The fourth-order valence-corrected chi connectivity index (χ4v) is 2.48. The highest BCUT2D eigenvalue weighted by Crippen LogP contribution is 2.16. The maximum Gasteiger partial charge on any atom is 0.224 e. The summed E-state index contributed by atoms with van der Waals surface area (Å²) >= 11 is 8.43. The number of carbonyl (C=O) groups is 2. The van der Waals surface area contributed by atoms with E-state index in [1.165, 1.54) is 9.79 Å². The van der Waals surface area contributed by atoms with E-state index in [4.69, 9.17) is 11.6 Å². The van der Waals surface area contributed by atoms with E-state index < -0.39 is 0 Å². The first-order chi connectivity index (χ1) is 12.7. The van der Waals surface area contributed by atoms with Crippen molar-refractivity contribution in [2.75, 3.05) is 12.5 Å². The second kappa shape index (κ2) is 17.4. The standard InChI is InChI=1S/C11H14OS.C7H8S.C4H7ClO.HI/c1-8(2)11(12)9-4-6-10(13-3)7-5-9;1-8-7-5-3-2-4-6-7;1-3(2)4(5)6;/h4-8H,1-3H3;2-6H,1H3;3H,1-2H3;1H. The van der Waals surface area contributed by atoms with Crippen LogP contribution in [0.4, 0.5) is 0 Å². The van der Waals surface area contributed by atoms with Crippen molar-refractivity contribution in [2.24, 2.45) is 11.8 Å². The average Bonchev–Trinajstić information content (AvgIpc) is 2.69. The summed E-state index contributed by atoms with van der Waals surface area (Å²) < 4.78 is 0.